The van der Waals surface area contributed by atoms with Gasteiger partial charge in [-0.15, -0.1) is 0 Å². The molecular formula is C30H42FNO3. The average molecular weight is 484 g/mol. The highest BCUT2D eigenvalue weighted by molar-refractivity contribution is 5.96. The number of halogens is 1. The van der Waals surface area contributed by atoms with Crippen LogP contribution in [0.2, 0.25) is 0 Å². The van der Waals surface area contributed by atoms with Crippen LogP contribution < -0.4 is 5.32 Å². The van der Waals surface area contributed by atoms with E-state index in [0.717, 1.165) is 19.4 Å². The molecule has 0 unspecified atom stereocenters. The van der Waals surface area contributed by atoms with Gasteiger partial charge in [0.1, 0.15) is 11.4 Å². The highest BCUT2D eigenvalue weighted by Gasteiger charge is 2.32. The van der Waals surface area contributed by atoms with E-state index in [4.69, 9.17) is 4.74 Å². The van der Waals surface area contributed by atoms with E-state index in [-0.39, 0.29) is 11.6 Å². The van der Waals surface area contributed by atoms with E-state index in [1.807, 2.05) is 25.2 Å². The van der Waals surface area contributed by atoms with Gasteiger partial charge in [-0.05, 0) is 80.4 Å². The second-order valence-electron chi connectivity index (χ2n) is 10.2. The Bertz CT molecular complexity index is 927. The molecule has 0 amide bonds. The summed E-state index contributed by atoms with van der Waals surface area (Å²) in [6.07, 6.45) is 9.98. The zero-order valence-electron chi connectivity index (χ0n) is 21.4. The first kappa shape index (κ1) is 27.5. The first-order chi connectivity index (χ1) is 17.0. The van der Waals surface area contributed by atoms with Crippen LogP contribution >= 0.6 is 0 Å². The van der Waals surface area contributed by atoms with Crippen LogP contribution in [0.5, 0.6) is 0 Å². The Hall–Kier alpha value is -2.08. The number of nitrogens with one attached hydrogen (secondary N) is 1. The summed E-state index contributed by atoms with van der Waals surface area (Å²) in [4.78, 5) is 13.4. The van der Waals surface area contributed by atoms with E-state index in [9.17, 15) is 14.3 Å². The maximum Gasteiger partial charge on any atom is 0.163 e. The predicted octanol–water partition coefficient (Wildman–Crippen LogP) is 6.26. The Kier molecular flexibility index (Phi) is 10.9. The van der Waals surface area contributed by atoms with Gasteiger partial charge in [0.2, 0.25) is 0 Å². The zero-order chi connectivity index (χ0) is 25.1. The topological polar surface area (TPSA) is 58.6 Å². The Morgan fingerprint density at radius 3 is 2.51 bits per heavy atom. The number of aliphatic hydroxyl groups is 1. The van der Waals surface area contributed by atoms with Gasteiger partial charge in [-0.25, -0.2) is 4.39 Å². The SMILES string of the molecule is CNC[C@@H](CC(=O)c1cccc([C@@](O)(CCCCOC)c2cccc(F)c2)c1)CC1CCCCC1. The number of methoxy groups -OCH3 is 1. The minimum Gasteiger partial charge on any atom is -0.385 e. The van der Waals surface area contributed by atoms with Crippen molar-refractivity contribution in [1.29, 1.82) is 0 Å². The van der Waals surface area contributed by atoms with Gasteiger partial charge in [0, 0.05) is 25.7 Å². The largest absolute Gasteiger partial charge is 0.385 e. The lowest BCUT2D eigenvalue weighted by atomic mass is 9.79. The molecule has 2 N–H and O–H groups in total. The maximum atomic E-state index is 14.1. The summed E-state index contributed by atoms with van der Waals surface area (Å²) in [7, 11) is 3.60. The number of carbonyl (C=O) groups excluding carboxylic acids is 1. The van der Waals surface area contributed by atoms with Crippen molar-refractivity contribution in [3.8, 4) is 0 Å². The van der Waals surface area contributed by atoms with Crippen molar-refractivity contribution in [3.63, 3.8) is 0 Å². The highest BCUT2D eigenvalue weighted by Crippen LogP contribution is 2.36. The molecule has 0 aliphatic heterocycles. The Morgan fingerprint density at radius 2 is 1.83 bits per heavy atom. The summed E-state index contributed by atoms with van der Waals surface area (Å²) in [6.45, 7) is 1.43. The number of rotatable bonds is 14. The maximum absolute atomic E-state index is 14.1. The van der Waals surface area contributed by atoms with Gasteiger partial charge >= 0.3 is 0 Å². The number of benzene rings is 2. The summed E-state index contributed by atoms with van der Waals surface area (Å²) in [5.74, 6) is 0.730. The Balaban J connectivity index is 1.80. The smallest absolute Gasteiger partial charge is 0.163 e. The number of hydrogen-bond acceptors (Lipinski definition) is 4. The summed E-state index contributed by atoms with van der Waals surface area (Å²) < 4.78 is 19.2. The molecule has 1 aliphatic rings. The Morgan fingerprint density at radius 1 is 1.11 bits per heavy atom. The fraction of sp³-hybridized carbons (Fsp3) is 0.567. The number of hydrogen-bond donors (Lipinski definition) is 2. The van der Waals surface area contributed by atoms with Gasteiger partial charge in [-0.1, -0.05) is 62.4 Å². The molecule has 2 atom stereocenters. The van der Waals surface area contributed by atoms with E-state index in [2.05, 4.69) is 5.32 Å². The molecule has 0 spiro atoms. The third kappa shape index (κ3) is 7.96. The van der Waals surface area contributed by atoms with Crippen LogP contribution in [0.4, 0.5) is 4.39 Å². The van der Waals surface area contributed by atoms with Gasteiger partial charge in [-0.2, -0.15) is 0 Å². The molecule has 0 aromatic heterocycles. The molecule has 2 aromatic rings. The molecule has 35 heavy (non-hydrogen) atoms. The number of carbonyl (C=O) groups is 1. The minimum atomic E-state index is -1.38. The molecular weight excluding hydrogens is 441 g/mol. The standard InChI is InChI=1S/C30H42FNO3/c1-32-22-24(18-23-10-4-3-5-11-23)19-29(33)25-12-8-13-26(20-25)30(34,16-6-7-17-35-2)27-14-9-15-28(31)21-27/h8-9,12-15,20-21,23-24,32,34H,3-7,10-11,16-19,22H2,1-2H3/t24-,30+/m1/s1. The van der Waals surface area contributed by atoms with Crippen molar-refractivity contribution in [3.05, 3.63) is 71.0 Å². The molecule has 3 rings (SSSR count). The van der Waals surface area contributed by atoms with Crippen molar-refractivity contribution in [2.24, 2.45) is 11.8 Å². The quantitative estimate of drug-likeness (QED) is 0.246. The lowest BCUT2D eigenvalue weighted by Crippen LogP contribution is -2.28. The van der Waals surface area contributed by atoms with Gasteiger partial charge in [0.15, 0.2) is 5.78 Å². The zero-order valence-corrected chi connectivity index (χ0v) is 21.4. The van der Waals surface area contributed by atoms with Gasteiger partial charge < -0.3 is 15.2 Å². The summed E-state index contributed by atoms with van der Waals surface area (Å²) in [6, 6.07) is 13.4. The normalized spacial score (nSPS) is 17.1. The van der Waals surface area contributed by atoms with Gasteiger partial charge in [0.25, 0.3) is 0 Å². The van der Waals surface area contributed by atoms with Crippen LogP contribution in [0.15, 0.2) is 48.5 Å². The third-order valence-electron chi connectivity index (χ3n) is 7.46. The van der Waals surface area contributed by atoms with Crippen LogP contribution in [0, 0.1) is 17.7 Å². The lowest BCUT2D eigenvalue weighted by Gasteiger charge is -2.30. The van der Waals surface area contributed by atoms with Crippen molar-refractivity contribution >= 4 is 5.78 Å². The van der Waals surface area contributed by atoms with Crippen molar-refractivity contribution in [1.82, 2.24) is 5.32 Å². The summed E-state index contributed by atoms with van der Waals surface area (Å²) in [5, 5.41) is 15.1. The summed E-state index contributed by atoms with van der Waals surface area (Å²) in [5.41, 5.74) is 0.367. The van der Waals surface area contributed by atoms with Crippen molar-refractivity contribution in [2.45, 2.75) is 69.8 Å². The molecule has 0 bridgehead atoms. The van der Waals surface area contributed by atoms with Crippen LogP contribution in [-0.2, 0) is 10.3 Å². The van der Waals surface area contributed by atoms with Crippen molar-refractivity contribution in [2.75, 3.05) is 27.3 Å². The number of ketones is 1. The van der Waals surface area contributed by atoms with Crippen LogP contribution in [0.3, 0.4) is 0 Å². The molecule has 0 heterocycles. The number of Topliss-reactive ketones (excluding diaryl/α,β-unsaturated/α-hetero) is 1. The van der Waals surface area contributed by atoms with E-state index in [1.165, 1.54) is 44.2 Å². The number of ether oxygens (including phenoxy) is 1. The van der Waals surface area contributed by atoms with Crippen molar-refractivity contribution < 1.29 is 19.0 Å². The number of unbranched alkanes of at least 4 members (excludes halogenated alkanes) is 1. The van der Waals surface area contributed by atoms with E-state index in [0.29, 0.717) is 54.4 Å². The first-order valence-electron chi connectivity index (χ1n) is 13.2. The first-order valence-corrected chi connectivity index (χ1v) is 13.2. The fourth-order valence-electron chi connectivity index (χ4n) is 5.58. The summed E-state index contributed by atoms with van der Waals surface area (Å²) >= 11 is 0. The molecule has 192 valence electrons. The van der Waals surface area contributed by atoms with Crippen LogP contribution in [0.25, 0.3) is 0 Å². The molecule has 2 aromatic carbocycles. The highest BCUT2D eigenvalue weighted by atomic mass is 19.1. The molecule has 0 saturated heterocycles. The van der Waals surface area contributed by atoms with Crippen LogP contribution in [-0.4, -0.2) is 38.2 Å². The second kappa shape index (κ2) is 13.9. The molecule has 1 aliphatic carbocycles. The van der Waals surface area contributed by atoms with E-state index in [1.54, 1.807) is 25.3 Å². The van der Waals surface area contributed by atoms with E-state index < -0.39 is 5.60 Å². The lowest BCUT2D eigenvalue weighted by molar-refractivity contribution is 0.0647. The molecule has 0 radical (unpaired) electrons. The average Bonchev–Trinajstić information content (AvgIpc) is 2.87. The molecule has 4 nitrogen and oxygen atoms in total. The van der Waals surface area contributed by atoms with E-state index >= 15 is 0 Å². The second-order valence-corrected chi connectivity index (χ2v) is 10.2. The molecule has 1 fully saturated rings. The van der Waals surface area contributed by atoms with Gasteiger partial charge in [0.05, 0.1) is 0 Å². The fourth-order valence-corrected chi connectivity index (χ4v) is 5.58. The predicted molar refractivity (Wildman–Crippen MR) is 139 cm³/mol. The molecule has 5 heteroatoms. The molecule has 1 saturated carbocycles. The Labute approximate surface area is 210 Å². The van der Waals surface area contributed by atoms with Gasteiger partial charge in [-0.3, -0.25) is 4.79 Å². The minimum absolute atomic E-state index is 0.101. The third-order valence-corrected chi connectivity index (χ3v) is 7.46. The monoisotopic (exact) mass is 483 g/mol. The van der Waals surface area contributed by atoms with Crippen LogP contribution in [0.1, 0.15) is 85.7 Å².